The minimum Gasteiger partial charge on any atom is -0.369 e. The molecule has 0 aliphatic rings. The largest absolute Gasteiger partial charge is 0.369 e. The predicted molar refractivity (Wildman–Crippen MR) is 73.1 cm³/mol. The number of nitrogens with one attached hydrogen (secondary N) is 1. The van der Waals surface area contributed by atoms with Crippen molar-refractivity contribution in [3.63, 3.8) is 0 Å². The SMILES string of the molecule is CCCc1nc(Cl)cc(NCCS(=O)CC)n1. The fraction of sp³-hybridized carbons (Fsp3) is 0.636. The van der Waals surface area contributed by atoms with Crippen LogP contribution in [-0.4, -0.2) is 32.2 Å². The number of rotatable bonds is 7. The van der Waals surface area contributed by atoms with E-state index in [1.807, 2.05) is 6.92 Å². The predicted octanol–water partition coefficient (Wildman–Crippen LogP) is 2.26. The van der Waals surface area contributed by atoms with E-state index in [1.54, 1.807) is 6.07 Å². The molecule has 1 atom stereocenters. The van der Waals surface area contributed by atoms with E-state index in [-0.39, 0.29) is 0 Å². The van der Waals surface area contributed by atoms with Crippen LogP contribution in [0.5, 0.6) is 0 Å². The number of nitrogens with zero attached hydrogens (tertiary/aromatic N) is 2. The van der Waals surface area contributed by atoms with Crippen molar-refractivity contribution in [3.8, 4) is 0 Å². The molecule has 17 heavy (non-hydrogen) atoms. The molecule has 0 saturated carbocycles. The summed E-state index contributed by atoms with van der Waals surface area (Å²) in [5, 5.41) is 3.57. The van der Waals surface area contributed by atoms with Crippen LogP contribution in [0.3, 0.4) is 0 Å². The Balaban J connectivity index is 2.55. The summed E-state index contributed by atoms with van der Waals surface area (Å²) in [6.07, 6.45) is 1.80. The van der Waals surface area contributed by atoms with Crippen LogP contribution in [0.15, 0.2) is 6.07 Å². The number of halogens is 1. The van der Waals surface area contributed by atoms with Gasteiger partial charge in [0.1, 0.15) is 16.8 Å². The van der Waals surface area contributed by atoms with Crippen molar-refractivity contribution < 1.29 is 4.21 Å². The molecule has 0 radical (unpaired) electrons. The third-order valence-corrected chi connectivity index (χ3v) is 3.67. The average molecular weight is 276 g/mol. The number of anilines is 1. The molecule has 96 valence electrons. The Bertz CT molecular complexity index is 387. The van der Waals surface area contributed by atoms with Gasteiger partial charge in [0.05, 0.1) is 0 Å². The fourth-order valence-corrected chi connectivity index (χ4v) is 2.15. The van der Waals surface area contributed by atoms with Crippen molar-refractivity contribution in [2.24, 2.45) is 0 Å². The van der Waals surface area contributed by atoms with Crippen LogP contribution in [0.4, 0.5) is 5.82 Å². The van der Waals surface area contributed by atoms with Gasteiger partial charge in [-0.2, -0.15) is 0 Å². The lowest BCUT2D eigenvalue weighted by molar-refractivity contribution is 0.684. The monoisotopic (exact) mass is 275 g/mol. The van der Waals surface area contributed by atoms with Gasteiger partial charge < -0.3 is 5.32 Å². The Kier molecular flexibility index (Phi) is 6.44. The maximum absolute atomic E-state index is 11.3. The molecule has 0 saturated heterocycles. The van der Waals surface area contributed by atoms with Gasteiger partial charge in [-0.05, 0) is 6.42 Å². The molecule has 0 aliphatic heterocycles. The zero-order valence-electron chi connectivity index (χ0n) is 10.2. The van der Waals surface area contributed by atoms with Gasteiger partial charge in [0.15, 0.2) is 0 Å². The molecular weight excluding hydrogens is 258 g/mol. The van der Waals surface area contributed by atoms with Crippen LogP contribution < -0.4 is 5.32 Å². The van der Waals surface area contributed by atoms with Crippen LogP contribution >= 0.6 is 11.6 Å². The van der Waals surface area contributed by atoms with Gasteiger partial charge in [0.2, 0.25) is 0 Å². The summed E-state index contributed by atoms with van der Waals surface area (Å²) < 4.78 is 11.3. The maximum atomic E-state index is 11.3. The highest BCUT2D eigenvalue weighted by Crippen LogP contribution is 2.12. The smallest absolute Gasteiger partial charge is 0.134 e. The number of hydrogen-bond acceptors (Lipinski definition) is 4. The summed E-state index contributed by atoms with van der Waals surface area (Å²) >= 11 is 5.90. The Morgan fingerprint density at radius 1 is 1.41 bits per heavy atom. The van der Waals surface area contributed by atoms with E-state index >= 15 is 0 Å². The van der Waals surface area contributed by atoms with Crippen LogP contribution in [-0.2, 0) is 17.2 Å². The molecule has 0 amide bonds. The van der Waals surface area contributed by atoms with E-state index in [0.29, 0.717) is 29.0 Å². The minimum atomic E-state index is -0.754. The highest BCUT2D eigenvalue weighted by molar-refractivity contribution is 7.84. The number of hydrogen-bond donors (Lipinski definition) is 1. The quantitative estimate of drug-likeness (QED) is 0.776. The van der Waals surface area contributed by atoms with Gasteiger partial charge in [-0.1, -0.05) is 25.4 Å². The Hall–Kier alpha value is -0.680. The van der Waals surface area contributed by atoms with E-state index in [2.05, 4.69) is 22.2 Å². The summed E-state index contributed by atoms with van der Waals surface area (Å²) in [6.45, 7) is 4.62. The van der Waals surface area contributed by atoms with Crippen molar-refractivity contribution in [3.05, 3.63) is 17.0 Å². The van der Waals surface area contributed by atoms with Crippen LogP contribution in [0.1, 0.15) is 26.1 Å². The lowest BCUT2D eigenvalue weighted by Gasteiger charge is -2.07. The molecule has 1 aromatic rings. The lowest BCUT2D eigenvalue weighted by Crippen LogP contribution is -2.13. The molecule has 1 aromatic heterocycles. The molecule has 6 heteroatoms. The molecule has 1 N–H and O–H groups in total. The van der Waals surface area contributed by atoms with E-state index in [0.717, 1.165) is 18.7 Å². The Labute approximate surface area is 110 Å². The highest BCUT2D eigenvalue weighted by Gasteiger charge is 2.03. The maximum Gasteiger partial charge on any atom is 0.134 e. The van der Waals surface area contributed by atoms with Gasteiger partial charge >= 0.3 is 0 Å². The van der Waals surface area contributed by atoms with Gasteiger partial charge in [0.25, 0.3) is 0 Å². The molecule has 0 bridgehead atoms. The number of aromatic nitrogens is 2. The van der Waals surface area contributed by atoms with Gasteiger partial charge in [-0.25, -0.2) is 9.97 Å². The molecule has 1 unspecified atom stereocenters. The fourth-order valence-electron chi connectivity index (χ4n) is 1.33. The van der Waals surface area contributed by atoms with Gasteiger partial charge in [0, 0.05) is 41.3 Å². The summed E-state index contributed by atoms with van der Waals surface area (Å²) in [4.78, 5) is 8.48. The first-order valence-corrected chi connectivity index (χ1v) is 7.64. The Morgan fingerprint density at radius 2 is 2.18 bits per heavy atom. The molecule has 1 rings (SSSR count). The summed E-state index contributed by atoms with van der Waals surface area (Å²) in [5.74, 6) is 2.77. The highest BCUT2D eigenvalue weighted by atomic mass is 35.5. The van der Waals surface area contributed by atoms with Gasteiger partial charge in [-0.3, -0.25) is 4.21 Å². The second-order valence-corrected chi connectivity index (χ2v) is 5.85. The van der Waals surface area contributed by atoms with E-state index in [9.17, 15) is 4.21 Å². The third-order valence-electron chi connectivity index (χ3n) is 2.17. The van der Waals surface area contributed by atoms with Crippen molar-refractivity contribution in [1.82, 2.24) is 9.97 Å². The molecule has 0 spiro atoms. The van der Waals surface area contributed by atoms with Gasteiger partial charge in [-0.15, -0.1) is 0 Å². The van der Waals surface area contributed by atoms with Crippen molar-refractivity contribution in [1.29, 1.82) is 0 Å². The normalized spacial score (nSPS) is 12.4. The molecule has 0 aromatic carbocycles. The van der Waals surface area contributed by atoms with Crippen molar-refractivity contribution in [2.75, 3.05) is 23.4 Å². The average Bonchev–Trinajstić information content (AvgIpc) is 2.28. The standard InChI is InChI=1S/C11H18ClN3OS/c1-3-5-10-14-9(12)8-11(15-10)13-6-7-17(16)4-2/h8H,3-7H2,1-2H3,(H,13,14,15). The molecule has 0 fully saturated rings. The van der Waals surface area contributed by atoms with Crippen molar-refractivity contribution >= 4 is 28.2 Å². The van der Waals surface area contributed by atoms with E-state index < -0.39 is 10.8 Å². The third kappa shape index (κ3) is 5.46. The molecule has 4 nitrogen and oxygen atoms in total. The topological polar surface area (TPSA) is 54.9 Å². The second-order valence-electron chi connectivity index (χ2n) is 3.60. The zero-order valence-corrected chi connectivity index (χ0v) is 11.8. The summed E-state index contributed by atoms with van der Waals surface area (Å²) in [6, 6.07) is 1.69. The number of aryl methyl sites for hydroxylation is 1. The van der Waals surface area contributed by atoms with E-state index in [1.165, 1.54) is 0 Å². The van der Waals surface area contributed by atoms with Crippen LogP contribution in [0, 0.1) is 0 Å². The second kappa shape index (κ2) is 7.61. The lowest BCUT2D eigenvalue weighted by atomic mass is 10.3. The van der Waals surface area contributed by atoms with Crippen molar-refractivity contribution in [2.45, 2.75) is 26.7 Å². The molecular formula is C11H18ClN3OS. The first-order chi connectivity index (χ1) is 8.15. The van der Waals surface area contributed by atoms with Crippen LogP contribution in [0.2, 0.25) is 5.15 Å². The first-order valence-electron chi connectivity index (χ1n) is 5.78. The molecule has 1 heterocycles. The van der Waals surface area contributed by atoms with Crippen LogP contribution in [0.25, 0.3) is 0 Å². The summed E-state index contributed by atoms with van der Waals surface area (Å²) in [7, 11) is -0.754. The molecule has 0 aliphatic carbocycles. The first kappa shape index (κ1) is 14.4. The zero-order chi connectivity index (χ0) is 12.7. The van der Waals surface area contributed by atoms with E-state index in [4.69, 9.17) is 11.6 Å². The summed E-state index contributed by atoms with van der Waals surface area (Å²) in [5.41, 5.74) is 0. The minimum absolute atomic E-state index is 0.447. The Morgan fingerprint density at radius 3 is 2.82 bits per heavy atom.